The molecule has 2 aromatic carbocycles. The van der Waals surface area contributed by atoms with Crippen molar-refractivity contribution in [3.8, 4) is 11.5 Å². The molecule has 118 valence electrons. The number of rotatable bonds is 7. The van der Waals surface area contributed by atoms with Crippen LogP contribution in [0.1, 0.15) is 24.0 Å². The SMILES string of the molecule is CCOc1cccc(C(CN)Cc2ccc(OC)c(Cl)c2)c1. The molecule has 4 heteroatoms. The molecule has 0 aliphatic rings. The minimum Gasteiger partial charge on any atom is -0.495 e. The van der Waals surface area contributed by atoms with Gasteiger partial charge in [-0.05, 0) is 55.3 Å². The fraction of sp³-hybridized carbons (Fsp3) is 0.333. The lowest BCUT2D eigenvalue weighted by molar-refractivity contribution is 0.339. The molecule has 2 rings (SSSR count). The molecule has 0 saturated heterocycles. The fourth-order valence-corrected chi connectivity index (χ4v) is 2.76. The zero-order chi connectivity index (χ0) is 15.9. The summed E-state index contributed by atoms with van der Waals surface area (Å²) in [6, 6.07) is 14.0. The second-order valence-corrected chi connectivity index (χ2v) is 5.52. The molecule has 2 N–H and O–H groups in total. The molecule has 0 fully saturated rings. The number of hydrogen-bond donors (Lipinski definition) is 1. The highest BCUT2D eigenvalue weighted by molar-refractivity contribution is 6.32. The first-order valence-electron chi connectivity index (χ1n) is 7.43. The lowest BCUT2D eigenvalue weighted by Gasteiger charge is -2.17. The number of methoxy groups -OCH3 is 1. The summed E-state index contributed by atoms with van der Waals surface area (Å²) in [5.74, 6) is 1.80. The molecule has 0 bridgehead atoms. The maximum Gasteiger partial charge on any atom is 0.137 e. The molecule has 2 aromatic rings. The molecule has 0 amide bonds. The van der Waals surface area contributed by atoms with Crippen LogP contribution in [0.2, 0.25) is 5.02 Å². The van der Waals surface area contributed by atoms with Crippen LogP contribution in [0.25, 0.3) is 0 Å². The summed E-state index contributed by atoms with van der Waals surface area (Å²) in [5.41, 5.74) is 8.29. The Morgan fingerprint density at radius 1 is 1.18 bits per heavy atom. The Kier molecular flexibility index (Phi) is 6.10. The molecular formula is C18H22ClNO2. The molecule has 0 aliphatic heterocycles. The lowest BCUT2D eigenvalue weighted by Crippen LogP contribution is -2.15. The topological polar surface area (TPSA) is 44.5 Å². The van der Waals surface area contributed by atoms with Crippen LogP contribution in [-0.4, -0.2) is 20.3 Å². The second-order valence-electron chi connectivity index (χ2n) is 5.11. The van der Waals surface area contributed by atoms with Gasteiger partial charge in [0.15, 0.2) is 0 Å². The molecule has 3 nitrogen and oxygen atoms in total. The van der Waals surface area contributed by atoms with Gasteiger partial charge in [0.2, 0.25) is 0 Å². The van der Waals surface area contributed by atoms with E-state index in [4.69, 9.17) is 26.8 Å². The van der Waals surface area contributed by atoms with Crippen molar-refractivity contribution in [3.05, 3.63) is 58.6 Å². The molecule has 22 heavy (non-hydrogen) atoms. The normalized spacial score (nSPS) is 12.0. The molecule has 0 heterocycles. The average Bonchev–Trinajstić information content (AvgIpc) is 2.53. The summed E-state index contributed by atoms with van der Waals surface area (Å²) in [7, 11) is 1.61. The zero-order valence-corrected chi connectivity index (χ0v) is 13.8. The Hall–Kier alpha value is -1.71. The van der Waals surface area contributed by atoms with Crippen LogP contribution in [0.5, 0.6) is 11.5 Å². The van der Waals surface area contributed by atoms with E-state index >= 15 is 0 Å². The van der Waals surface area contributed by atoms with Gasteiger partial charge < -0.3 is 15.2 Å². The van der Waals surface area contributed by atoms with E-state index in [2.05, 4.69) is 12.1 Å². The molecule has 0 saturated carbocycles. The Morgan fingerprint density at radius 2 is 2.00 bits per heavy atom. The largest absolute Gasteiger partial charge is 0.495 e. The van der Waals surface area contributed by atoms with Gasteiger partial charge in [0.25, 0.3) is 0 Å². The Balaban J connectivity index is 2.18. The molecule has 0 aliphatic carbocycles. The highest BCUT2D eigenvalue weighted by atomic mass is 35.5. The molecule has 0 radical (unpaired) electrons. The first kappa shape index (κ1) is 16.7. The van der Waals surface area contributed by atoms with E-state index in [1.54, 1.807) is 7.11 Å². The van der Waals surface area contributed by atoms with E-state index in [9.17, 15) is 0 Å². The Morgan fingerprint density at radius 3 is 2.64 bits per heavy atom. The highest BCUT2D eigenvalue weighted by Crippen LogP contribution is 2.29. The van der Waals surface area contributed by atoms with Crippen LogP contribution in [-0.2, 0) is 6.42 Å². The lowest BCUT2D eigenvalue weighted by atomic mass is 9.92. The Labute approximate surface area is 137 Å². The van der Waals surface area contributed by atoms with E-state index < -0.39 is 0 Å². The van der Waals surface area contributed by atoms with Crippen molar-refractivity contribution in [1.82, 2.24) is 0 Å². The van der Waals surface area contributed by atoms with Crippen LogP contribution in [0.15, 0.2) is 42.5 Å². The van der Waals surface area contributed by atoms with Crippen molar-refractivity contribution < 1.29 is 9.47 Å². The number of hydrogen-bond acceptors (Lipinski definition) is 3. The Bertz CT molecular complexity index is 616. The van der Waals surface area contributed by atoms with Gasteiger partial charge in [-0.1, -0.05) is 29.8 Å². The number of benzene rings is 2. The van der Waals surface area contributed by atoms with Gasteiger partial charge in [-0.25, -0.2) is 0 Å². The third kappa shape index (κ3) is 4.15. The van der Waals surface area contributed by atoms with Crippen LogP contribution in [0, 0.1) is 0 Å². The average molecular weight is 320 g/mol. The van der Waals surface area contributed by atoms with Gasteiger partial charge in [0, 0.05) is 5.92 Å². The first-order chi connectivity index (χ1) is 10.7. The quantitative estimate of drug-likeness (QED) is 0.838. The standard InChI is InChI=1S/C18H22ClNO2/c1-3-22-16-6-4-5-14(11-16)15(12-20)9-13-7-8-18(21-2)17(19)10-13/h4-8,10-11,15H,3,9,12,20H2,1-2H3. The maximum atomic E-state index is 6.19. The van der Waals surface area contributed by atoms with E-state index in [1.807, 2.05) is 37.3 Å². The first-order valence-corrected chi connectivity index (χ1v) is 7.81. The third-order valence-electron chi connectivity index (χ3n) is 3.62. The second kappa shape index (κ2) is 8.06. The van der Waals surface area contributed by atoms with Gasteiger partial charge >= 0.3 is 0 Å². The molecule has 0 aromatic heterocycles. The monoisotopic (exact) mass is 319 g/mol. The van der Waals surface area contributed by atoms with Gasteiger partial charge in [-0.2, -0.15) is 0 Å². The van der Waals surface area contributed by atoms with Gasteiger partial charge in [0.05, 0.1) is 18.7 Å². The third-order valence-corrected chi connectivity index (χ3v) is 3.92. The maximum absolute atomic E-state index is 6.19. The molecule has 1 atom stereocenters. The van der Waals surface area contributed by atoms with Crippen molar-refractivity contribution in [3.63, 3.8) is 0 Å². The summed E-state index contributed by atoms with van der Waals surface area (Å²) in [6.07, 6.45) is 0.829. The van der Waals surface area contributed by atoms with Crippen molar-refractivity contribution in [2.75, 3.05) is 20.3 Å². The van der Waals surface area contributed by atoms with Crippen LogP contribution < -0.4 is 15.2 Å². The fourth-order valence-electron chi connectivity index (χ4n) is 2.48. The minimum absolute atomic E-state index is 0.227. The summed E-state index contributed by atoms with van der Waals surface area (Å²) in [5, 5.41) is 0.624. The predicted octanol–water partition coefficient (Wildman–Crippen LogP) is 4.03. The molecule has 1 unspecified atom stereocenters. The van der Waals surface area contributed by atoms with E-state index in [0.29, 0.717) is 23.9 Å². The number of nitrogens with two attached hydrogens (primary N) is 1. The summed E-state index contributed by atoms with van der Waals surface area (Å²) in [4.78, 5) is 0. The van der Waals surface area contributed by atoms with Gasteiger partial charge in [0.1, 0.15) is 11.5 Å². The van der Waals surface area contributed by atoms with Crippen molar-refractivity contribution in [2.24, 2.45) is 5.73 Å². The van der Waals surface area contributed by atoms with E-state index in [1.165, 1.54) is 5.56 Å². The zero-order valence-electron chi connectivity index (χ0n) is 13.0. The van der Waals surface area contributed by atoms with Crippen LogP contribution in [0.4, 0.5) is 0 Å². The number of ether oxygens (including phenoxy) is 2. The highest BCUT2D eigenvalue weighted by Gasteiger charge is 2.13. The van der Waals surface area contributed by atoms with Crippen LogP contribution >= 0.6 is 11.6 Å². The molecule has 0 spiro atoms. The van der Waals surface area contributed by atoms with E-state index in [0.717, 1.165) is 17.7 Å². The van der Waals surface area contributed by atoms with Crippen molar-refractivity contribution in [2.45, 2.75) is 19.3 Å². The van der Waals surface area contributed by atoms with Gasteiger partial charge in [-0.3, -0.25) is 0 Å². The minimum atomic E-state index is 0.227. The van der Waals surface area contributed by atoms with Crippen molar-refractivity contribution in [1.29, 1.82) is 0 Å². The van der Waals surface area contributed by atoms with E-state index in [-0.39, 0.29) is 5.92 Å². The smallest absolute Gasteiger partial charge is 0.137 e. The predicted molar refractivity (Wildman–Crippen MR) is 91.1 cm³/mol. The van der Waals surface area contributed by atoms with Crippen LogP contribution in [0.3, 0.4) is 0 Å². The van der Waals surface area contributed by atoms with Crippen molar-refractivity contribution >= 4 is 11.6 Å². The molecular weight excluding hydrogens is 298 g/mol. The summed E-state index contributed by atoms with van der Waals surface area (Å²) >= 11 is 6.19. The summed E-state index contributed by atoms with van der Waals surface area (Å²) < 4.78 is 10.7. The number of halogens is 1. The van der Waals surface area contributed by atoms with Gasteiger partial charge in [-0.15, -0.1) is 0 Å². The summed E-state index contributed by atoms with van der Waals surface area (Å²) in [6.45, 7) is 3.20.